The molecule has 2 rings (SSSR count). The zero-order chi connectivity index (χ0) is 10.1. The fourth-order valence-corrected chi connectivity index (χ4v) is 1.69. The van der Waals surface area contributed by atoms with Crippen molar-refractivity contribution in [2.24, 2.45) is 7.05 Å². The molecule has 2 aromatic heterocycles. The molecule has 0 radical (unpaired) electrons. The topological polar surface area (TPSA) is 21.7 Å². The first-order valence-electron chi connectivity index (χ1n) is 4.66. The maximum Gasteiger partial charge on any atom is 0.195 e. The molecule has 72 valence electrons. The molecular weight excluding hydrogens is 174 g/mol. The Balaban J connectivity index is 2.68. The monoisotopic (exact) mass is 188 g/mol. The highest BCUT2D eigenvalue weighted by atomic mass is 15.4. The van der Waals surface area contributed by atoms with Gasteiger partial charge in [0, 0.05) is 12.3 Å². The van der Waals surface area contributed by atoms with Crippen molar-refractivity contribution in [2.75, 3.05) is 0 Å². The summed E-state index contributed by atoms with van der Waals surface area (Å²) in [6, 6.07) is 4.05. The molecule has 0 amide bonds. The van der Waals surface area contributed by atoms with Gasteiger partial charge in [-0.3, -0.25) is 4.98 Å². The number of rotatable bonds is 1. The van der Waals surface area contributed by atoms with Gasteiger partial charge in [-0.25, -0.2) is 0 Å². The third-order valence-corrected chi connectivity index (χ3v) is 2.41. The van der Waals surface area contributed by atoms with E-state index in [2.05, 4.69) is 16.6 Å². The van der Waals surface area contributed by atoms with E-state index < -0.39 is 0 Å². The quantitative estimate of drug-likeness (QED) is 0.618. The molecule has 0 aliphatic heterocycles. The normalized spacial score (nSPS) is 10.5. The molecule has 0 spiro atoms. The van der Waals surface area contributed by atoms with E-state index in [9.17, 15) is 0 Å². The van der Waals surface area contributed by atoms with Gasteiger partial charge in [0.15, 0.2) is 13.2 Å². The third-order valence-electron chi connectivity index (χ3n) is 2.41. The number of aromatic nitrogens is 3. The molecule has 0 aliphatic carbocycles. The predicted octanol–water partition coefficient (Wildman–Crippen LogP) is 1.31. The first kappa shape index (κ1) is 8.94. The van der Waals surface area contributed by atoms with Crippen LogP contribution in [0.15, 0.2) is 30.7 Å². The van der Waals surface area contributed by atoms with Crippen molar-refractivity contribution >= 4 is 0 Å². The summed E-state index contributed by atoms with van der Waals surface area (Å²) in [5, 5.41) is 0. The zero-order valence-corrected chi connectivity index (χ0v) is 8.73. The molecule has 0 aliphatic rings. The number of hydrogen-bond donors (Lipinski definition) is 0. The predicted molar refractivity (Wildman–Crippen MR) is 54.2 cm³/mol. The standard InChI is InChI=1S/C11H14N3/c1-9-5-6-12-10(2)11(9)14-8-4-7-13(14)3/h4-8H,1-3H3/q+1. The van der Waals surface area contributed by atoms with Crippen molar-refractivity contribution in [1.82, 2.24) is 9.67 Å². The Bertz CT molecular complexity index is 437. The molecule has 0 fully saturated rings. The van der Waals surface area contributed by atoms with Crippen LogP contribution in [0.4, 0.5) is 0 Å². The van der Waals surface area contributed by atoms with Gasteiger partial charge in [0.05, 0.1) is 11.9 Å². The molecule has 0 bridgehead atoms. The Morgan fingerprint density at radius 2 is 2.14 bits per heavy atom. The number of nitrogens with zero attached hydrogens (tertiary/aromatic N) is 3. The molecule has 0 saturated heterocycles. The molecule has 3 heteroatoms. The highest BCUT2D eigenvalue weighted by Crippen LogP contribution is 2.13. The van der Waals surface area contributed by atoms with Gasteiger partial charge in [0.1, 0.15) is 5.69 Å². The van der Waals surface area contributed by atoms with E-state index >= 15 is 0 Å². The Morgan fingerprint density at radius 1 is 1.36 bits per heavy atom. The molecule has 2 heterocycles. The molecule has 0 saturated carbocycles. The summed E-state index contributed by atoms with van der Waals surface area (Å²) in [6.45, 7) is 4.13. The van der Waals surface area contributed by atoms with Gasteiger partial charge in [-0.05, 0) is 25.5 Å². The van der Waals surface area contributed by atoms with Crippen LogP contribution in [-0.2, 0) is 7.05 Å². The molecule has 14 heavy (non-hydrogen) atoms. The Morgan fingerprint density at radius 3 is 2.71 bits per heavy atom. The molecule has 3 nitrogen and oxygen atoms in total. The average molecular weight is 188 g/mol. The molecule has 0 aromatic carbocycles. The van der Waals surface area contributed by atoms with Crippen molar-refractivity contribution < 1.29 is 4.68 Å². The van der Waals surface area contributed by atoms with Crippen molar-refractivity contribution in [3.63, 3.8) is 0 Å². The highest BCUT2D eigenvalue weighted by Gasteiger charge is 2.11. The third kappa shape index (κ3) is 1.31. The van der Waals surface area contributed by atoms with Crippen molar-refractivity contribution in [3.8, 4) is 5.69 Å². The van der Waals surface area contributed by atoms with Gasteiger partial charge in [-0.1, -0.05) is 0 Å². The Hall–Kier alpha value is -1.64. The molecule has 2 aromatic rings. The lowest BCUT2D eigenvalue weighted by Crippen LogP contribution is -2.37. The maximum atomic E-state index is 4.30. The molecule has 0 N–H and O–H groups in total. The highest BCUT2D eigenvalue weighted by molar-refractivity contribution is 5.41. The van der Waals surface area contributed by atoms with E-state index in [1.807, 2.05) is 49.4 Å². The van der Waals surface area contributed by atoms with Crippen molar-refractivity contribution in [1.29, 1.82) is 0 Å². The summed E-state index contributed by atoms with van der Waals surface area (Å²) in [6.07, 6.45) is 5.90. The largest absolute Gasteiger partial charge is 0.259 e. The van der Waals surface area contributed by atoms with Crippen LogP contribution < -0.4 is 4.68 Å². The second kappa shape index (κ2) is 3.25. The second-order valence-electron chi connectivity index (χ2n) is 3.47. The minimum Gasteiger partial charge on any atom is -0.259 e. The smallest absolute Gasteiger partial charge is 0.195 e. The summed E-state index contributed by atoms with van der Waals surface area (Å²) in [4.78, 5) is 4.30. The van der Waals surface area contributed by atoms with E-state index in [0.717, 1.165) is 5.69 Å². The summed E-state index contributed by atoms with van der Waals surface area (Å²) in [5.41, 5.74) is 3.46. The number of pyridine rings is 1. The first-order valence-corrected chi connectivity index (χ1v) is 4.66. The molecule has 0 atom stereocenters. The van der Waals surface area contributed by atoms with Crippen LogP contribution in [-0.4, -0.2) is 9.67 Å². The maximum absolute atomic E-state index is 4.30. The van der Waals surface area contributed by atoms with Gasteiger partial charge in [-0.2, -0.15) is 0 Å². The lowest BCUT2D eigenvalue weighted by molar-refractivity contribution is -0.744. The van der Waals surface area contributed by atoms with E-state index in [-0.39, 0.29) is 0 Å². The summed E-state index contributed by atoms with van der Waals surface area (Å²) in [7, 11) is 2.02. The average Bonchev–Trinajstić information content (AvgIpc) is 2.52. The van der Waals surface area contributed by atoms with Crippen molar-refractivity contribution in [3.05, 3.63) is 42.0 Å². The number of aryl methyl sites for hydroxylation is 3. The molecule has 0 unspecified atom stereocenters. The van der Waals surface area contributed by atoms with Crippen LogP contribution in [0.5, 0.6) is 0 Å². The van der Waals surface area contributed by atoms with Crippen LogP contribution in [0.3, 0.4) is 0 Å². The summed E-state index contributed by atoms with van der Waals surface area (Å²) in [5.74, 6) is 0. The Kier molecular flexibility index (Phi) is 2.08. The van der Waals surface area contributed by atoms with Crippen LogP contribution in [0, 0.1) is 13.8 Å². The van der Waals surface area contributed by atoms with E-state index in [4.69, 9.17) is 0 Å². The van der Waals surface area contributed by atoms with E-state index in [1.165, 1.54) is 11.3 Å². The first-order chi connectivity index (χ1) is 6.70. The van der Waals surface area contributed by atoms with Crippen LogP contribution in [0.25, 0.3) is 5.69 Å². The van der Waals surface area contributed by atoms with E-state index in [1.54, 1.807) is 0 Å². The summed E-state index contributed by atoms with van der Waals surface area (Å²) < 4.78 is 4.13. The van der Waals surface area contributed by atoms with Crippen LogP contribution >= 0.6 is 0 Å². The van der Waals surface area contributed by atoms with Crippen molar-refractivity contribution in [2.45, 2.75) is 13.8 Å². The SMILES string of the molecule is Cc1ccnc(C)c1-n1ccc[n+]1C. The Labute approximate surface area is 83.6 Å². The second-order valence-corrected chi connectivity index (χ2v) is 3.47. The minimum atomic E-state index is 1.05. The van der Waals surface area contributed by atoms with Gasteiger partial charge in [0.2, 0.25) is 0 Å². The van der Waals surface area contributed by atoms with Crippen LogP contribution in [0.2, 0.25) is 0 Å². The van der Waals surface area contributed by atoms with Gasteiger partial charge < -0.3 is 0 Å². The van der Waals surface area contributed by atoms with Gasteiger partial charge in [0.25, 0.3) is 0 Å². The van der Waals surface area contributed by atoms with Crippen LogP contribution in [0.1, 0.15) is 11.3 Å². The fraction of sp³-hybridized carbons (Fsp3) is 0.273. The fourth-order valence-electron chi connectivity index (χ4n) is 1.69. The minimum absolute atomic E-state index is 1.05. The summed E-state index contributed by atoms with van der Waals surface area (Å²) >= 11 is 0. The lowest BCUT2D eigenvalue weighted by Gasteiger charge is -2.06. The van der Waals surface area contributed by atoms with E-state index in [0.29, 0.717) is 0 Å². The zero-order valence-electron chi connectivity index (χ0n) is 8.73. The lowest BCUT2D eigenvalue weighted by atomic mass is 10.2. The molecular formula is C11H14N3+. The number of hydrogen-bond acceptors (Lipinski definition) is 1. The van der Waals surface area contributed by atoms with Gasteiger partial charge >= 0.3 is 0 Å². The van der Waals surface area contributed by atoms with Gasteiger partial charge in [-0.15, -0.1) is 9.36 Å².